The minimum absolute atomic E-state index is 0.0260. The normalized spacial score (nSPS) is 14.3. The van der Waals surface area contributed by atoms with E-state index in [4.69, 9.17) is 4.74 Å². The van der Waals surface area contributed by atoms with Gasteiger partial charge in [0.2, 0.25) is 11.8 Å². The largest absolute Gasteiger partial charge is 0.497 e. The van der Waals surface area contributed by atoms with Crippen molar-refractivity contribution in [2.45, 2.75) is 65.0 Å². The highest BCUT2D eigenvalue weighted by Gasteiger charge is 2.31. The first-order valence-electron chi connectivity index (χ1n) is 12.4. The van der Waals surface area contributed by atoms with E-state index in [2.05, 4.69) is 11.4 Å². The van der Waals surface area contributed by atoms with Gasteiger partial charge in [-0.1, -0.05) is 68.0 Å². The number of ether oxygens (including phenoxy) is 1. The number of hydrogen-bond acceptors (Lipinski definition) is 3. The van der Waals surface area contributed by atoms with Crippen LogP contribution in [0, 0.1) is 5.92 Å². The highest BCUT2D eigenvalue weighted by Crippen LogP contribution is 2.21. The molecule has 0 aliphatic heterocycles. The van der Waals surface area contributed by atoms with E-state index in [1.807, 2.05) is 68.4 Å². The summed E-state index contributed by atoms with van der Waals surface area (Å²) in [5.41, 5.74) is 3.43. The lowest BCUT2D eigenvalue weighted by Crippen LogP contribution is -2.51. The molecule has 3 rings (SSSR count). The fourth-order valence-electron chi connectivity index (χ4n) is 4.38. The van der Waals surface area contributed by atoms with Gasteiger partial charge in [-0.2, -0.15) is 0 Å². The van der Waals surface area contributed by atoms with E-state index in [-0.39, 0.29) is 17.7 Å². The SMILES string of the molecule is COc1ccc(CN(C(=O)C(C)C)C(Cc2ccccc2)C(=O)NCCC2=CCCCC2)cc1. The molecule has 2 aromatic carbocycles. The first-order valence-corrected chi connectivity index (χ1v) is 12.4. The second-order valence-electron chi connectivity index (χ2n) is 9.32. The van der Waals surface area contributed by atoms with Crippen LogP contribution in [0.2, 0.25) is 0 Å². The fraction of sp³-hybridized carbons (Fsp3) is 0.448. The Kier molecular flexibility index (Phi) is 9.75. The second-order valence-corrected chi connectivity index (χ2v) is 9.32. The third-order valence-corrected chi connectivity index (χ3v) is 6.37. The molecule has 34 heavy (non-hydrogen) atoms. The number of amides is 2. The monoisotopic (exact) mass is 462 g/mol. The first kappa shape index (κ1) is 25.5. The molecule has 0 heterocycles. The smallest absolute Gasteiger partial charge is 0.243 e. The molecule has 0 spiro atoms. The van der Waals surface area contributed by atoms with Crippen molar-refractivity contribution >= 4 is 11.8 Å². The van der Waals surface area contributed by atoms with Crippen LogP contribution in [0.3, 0.4) is 0 Å². The summed E-state index contributed by atoms with van der Waals surface area (Å²) in [5.74, 6) is 0.433. The third-order valence-electron chi connectivity index (χ3n) is 6.37. The number of carbonyl (C=O) groups excluding carboxylic acids is 2. The van der Waals surface area contributed by atoms with Crippen molar-refractivity contribution in [1.82, 2.24) is 10.2 Å². The van der Waals surface area contributed by atoms with Crippen LogP contribution in [-0.4, -0.2) is 36.4 Å². The van der Waals surface area contributed by atoms with Crippen LogP contribution in [0.25, 0.3) is 0 Å². The number of carbonyl (C=O) groups is 2. The molecule has 1 atom stereocenters. The first-order chi connectivity index (χ1) is 16.5. The lowest BCUT2D eigenvalue weighted by Gasteiger charge is -2.33. The lowest BCUT2D eigenvalue weighted by molar-refractivity contribution is -0.143. The maximum Gasteiger partial charge on any atom is 0.243 e. The summed E-state index contributed by atoms with van der Waals surface area (Å²) in [6.45, 7) is 4.74. The Morgan fingerprint density at radius 3 is 2.35 bits per heavy atom. The molecule has 0 saturated heterocycles. The van der Waals surface area contributed by atoms with Gasteiger partial charge >= 0.3 is 0 Å². The van der Waals surface area contributed by atoms with Crippen LogP contribution in [-0.2, 0) is 22.6 Å². The van der Waals surface area contributed by atoms with Gasteiger partial charge < -0.3 is 15.0 Å². The zero-order chi connectivity index (χ0) is 24.3. The zero-order valence-corrected chi connectivity index (χ0v) is 20.8. The van der Waals surface area contributed by atoms with Crippen molar-refractivity contribution in [2.75, 3.05) is 13.7 Å². The Balaban J connectivity index is 1.81. The molecule has 2 amide bonds. The molecule has 5 nitrogen and oxygen atoms in total. The van der Waals surface area contributed by atoms with Gasteiger partial charge in [-0.3, -0.25) is 9.59 Å². The summed E-state index contributed by atoms with van der Waals surface area (Å²) >= 11 is 0. The number of nitrogens with zero attached hydrogens (tertiary/aromatic N) is 1. The predicted molar refractivity (Wildman–Crippen MR) is 136 cm³/mol. The number of hydrogen-bond donors (Lipinski definition) is 1. The van der Waals surface area contributed by atoms with Gasteiger partial charge in [0.15, 0.2) is 0 Å². The molecule has 0 radical (unpaired) electrons. The van der Waals surface area contributed by atoms with Gasteiger partial charge in [0.05, 0.1) is 7.11 Å². The fourth-order valence-corrected chi connectivity index (χ4v) is 4.38. The minimum Gasteiger partial charge on any atom is -0.497 e. The molecule has 182 valence electrons. The highest BCUT2D eigenvalue weighted by molar-refractivity contribution is 5.88. The number of nitrogens with one attached hydrogen (secondary N) is 1. The average Bonchev–Trinajstić information content (AvgIpc) is 2.87. The van der Waals surface area contributed by atoms with E-state index >= 15 is 0 Å². The third kappa shape index (κ3) is 7.47. The summed E-state index contributed by atoms with van der Waals surface area (Å²) in [7, 11) is 1.63. The van der Waals surface area contributed by atoms with Gasteiger partial charge in [-0.05, 0) is 55.4 Å². The maximum absolute atomic E-state index is 13.5. The standard InChI is InChI=1S/C29H38N2O3/c1-22(2)29(33)31(21-25-14-16-26(34-3)17-15-25)27(20-24-12-8-5-9-13-24)28(32)30-19-18-23-10-6-4-7-11-23/h5,8-10,12-17,22,27H,4,6-7,11,18-21H2,1-3H3,(H,30,32). The number of methoxy groups -OCH3 is 1. The summed E-state index contributed by atoms with van der Waals surface area (Å²) in [6.07, 6.45) is 8.42. The van der Waals surface area contributed by atoms with Crippen LogP contribution in [0.15, 0.2) is 66.2 Å². The van der Waals surface area contributed by atoms with Crippen LogP contribution in [0.1, 0.15) is 57.1 Å². The lowest BCUT2D eigenvalue weighted by atomic mass is 9.97. The van der Waals surface area contributed by atoms with Crippen molar-refractivity contribution < 1.29 is 14.3 Å². The summed E-state index contributed by atoms with van der Waals surface area (Å²) < 4.78 is 5.27. The number of rotatable bonds is 11. The zero-order valence-electron chi connectivity index (χ0n) is 20.8. The number of benzene rings is 2. The van der Waals surface area contributed by atoms with Crippen molar-refractivity contribution in [3.63, 3.8) is 0 Å². The van der Waals surface area contributed by atoms with E-state index in [0.717, 1.165) is 36.1 Å². The molecular weight excluding hydrogens is 424 g/mol. The Labute approximate surface area is 204 Å². The molecule has 0 bridgehead atoms. The van der Waals surface area contributed by atoms with Crippen molar-refractivity contribution in [3.8, 4) is 5.75 Å². The van der Waals surface area contributed by atoms with Gasteiger partial charge in [0.1, 0.15) is 11.8 Å². The Morgan fingerprint density at radius 1 is 1.00 bits per heavy atom. The Bertz CT molecular complexity index is 951. The summed E-state index contributed by atoms with van der Waals surface area (Å²) in [6, 6.07) is 17.0. The molecule has 1 unspecified atom stereocenters. The van der Waals surface area contributed by atoms with Gasteiger partial charge in [-0.25, -0.2) is 0 Å². The molecule has 1 aliphatic rings. The van der Waals surface area contributed by atoms with Crippen LogP contribution >= 0.6 is 0 Å². The quantitative estimate of drug-likeness (QED) is 0.461. The minimum atomic E-state index is -0.584. The van der Waals surface area contributed by atoms with Crippen molar-refractivity contribution in [2.24, 2.45) is 5.92 Å². The molecule has 0 fully saturated rings. The molecule has 0 saturated carbocycles. The summed E-state index contributed by atoms with van der Waals surface area (Å²) in [4.78, 5) is 28.6. The Morgan fingerprint density at radius 2 is 1.74 bits per heavy atom. The highest BCUT2D eigenvalue weighted by atomic mass is 16.5. The molecule has 1 aliphatic carbocycles. The van der Waals surface area contributed by atoms with Crippen molar-refractivity contribution in [1.29, 1.82) is 0 Å². The van der Waals surface area contributed by atoms with E-state index < -0.39 is 6.04 Å². The number of allylic oxidation sites excluding steroid dienone is 1. The summed E-state index contributed by atoms with van der Waals surface area (Å²) in [5, 5.41) is 3.13. The van der Waals surface area contributed by atoms with Crippen LogP contribution < -0.4 is 10.1 Å². The molecule has 0 aromatic heterocycles. The second kappa shape index (κ2) is 13.0. The van der Waals surface area contributed by atoms with Gasteiger partial charge in [-0.15, -0.1) is 0 Å². The predicted octanol–water partition coefficient (Wildman–Crippen LogP) is 5.30. The van der Waals surface area contributed by atoms with E-state index in [0.29, 0.717) is 19.5 Å². The van der Waals surface area contributed by atoms with Crippen molar-refractivity contribution in [3.05, 3.63) is 77.4 Å². The molecular formula is C29H38N2O3. The maximum atomic E-state index is 13.5. The van der Waals surface area contributed by atoms with E-state index in [1.165, 1.54) is 18.4 Å². The van der Waals surface area contributed by atoms with E-state index in [9.17, 15) is 9.59 Å². The molecule has 5 heteroatoms. The van der Waals surface area contributed by atoms with Gasteiger partial charge in [0.25, 0.3) is 0 Å². The van der Waals surface area contributed by atoms with E-state index in [1.54, 1.807) is 12.0 Å². The Hall–Kier alpha value is -3.08. The van der Waals surface area contributed by atoms with Crippen LogP contribution in [0.4, 0.5) is 0 Å². The van der Waals surface area contributed by atoms with Gasteiger partial charge in [0, 0.05) is 25.4 Å². The average molecular weight is 463 g/mol. The topological polar surface area (TPSA) is 58.6 Å². The van der Waals surface area contributed by atoms with Crippen LogP contribution in [0.5, 0.6) is 5.75 Å². The molecule has 1 N–H and O–H groups in total. The molecule has 2 aromatic rings.